The minimum atomic E-state index is -0.203. The number of rotatable bonds is 6. The zero-order valence-corrected chi connectivity index (χ0v) is 13.3. The second kappa shape index (κ2) is 6.73. The predicted molar refractivity (Wildman–Crippen MR) is 85.2 cm³/mol. The van der Waals surface area contributed by atoms with Gasteiger partial charge in [-0.15, -0.1) is 0 Å². The Labute approximate surface area is 135 Å². The number of nitrogens with one attached hydrogen (secondary N) is 1. The Hall–Kier alpha value is -2.50. The van der Waals surface area contributed by atoms with Crippen LogP contribution in [0.25, 0.3) is 0 Å². The molecule has 0 aromatic carbocycles. The summed E-state index contributed by atoms with van der Waals surface area (Å²) in [5.74, 6) is 1.19. The van der Waals surface area contributed by atoms with Crippen molar-refractivity contribution in [3.05, 3.63) is 48.2 Å². The number of amides is 1. The number of carbonyl (C=O) groups is 1. The zero-order valence-electron chi connectivity index (χ0n) is 13.3. The van der Waals surface area contributed by atoms with E-state index in [2.05, 4.69) is 26.3 Å². The molecule has 2 heterocycles. The quantitative estimate of drug-likeness (QED) is 0.885. The molecule has 0 bridgehead atoms. The Morgan fingerprint density at radius 3 is 2.87 bits per heavy atom. The fourth-order valence-electron chi connectivity index (χ4n) is 2.53. The van der Waals surface area contributed by atoms with Crippen LogP contribution in [0.5, 0.6) is 5.88 Å². The number of hydrogen-bond acceptors (Lipinski definition) is 5. The first-order chi connectivity index (χ1) is 11.1. The normalized spacial score (nSPS) is 19.4. The summed E-state index contributed by atoms with van der Waals surface area (Å²) in [6.45, 7) is 4.47. The minimum Gasteiger partial charge on any atom is -0.474 e. The largest absolute Gasteiger partial charge is 0.474 e. The molecule has 6 nitrogen and oxygen atoms in total. The highest BCUT2D eigenvalue weighted by molar-refractivity contribution is 5.91. The standard InChI is InChI=1S/C17H20N4O2/c1-11(2)23-16-10-19-15(9-20-16)17(22)21-8-13-6-14(13)12-4-3-5-18-7-12/h3-5,7,9-11,13-14H,6,8H2,1-2H3,(H,21,22)/t13-,14-/m0/s1. The summed E-state index contributed by atoms with van der Waals surface area (Å²) in [6, 6.07) is 4.03. The molecule has 0 spiro atoms. The third-order valence-corrected chi connectivity index (χ3v) is 3.78. The number of aromatic nitrogens is 3. The van der Waals surface area contributed by atoms with Crippen LogP contribution in [0.2, 0.25) is 0 Å². The number of hydrogen-bond donors (Lipinski definition) is 1. The Morgan fingerprint density at radius 2 is 2.22 bits per heavy atom. The molecule has 1 saturated carbocycles. The zero-order chi connectivity index (χ0) is 16.2. The number of ether oxygens (including phenoxy) is 1. The van der Waals surface area contributed by atoms with Gasteiger partial charge in [0.05, 0.1) is 18.5 Å². The van der Waals surface area contributed by atoms with E-state index in [-0.39, 0.29) is 12.0 Å². The van der Waals surface area contributed by atoms with Crippen molar-refractivity contribution in [1.29, 1.82) is 0 Å². The lowest BCUT2D eigenvalue weighted by Crippen LogP contribution is -2.27. The Bertz CT molecular complexity index is 658. The first-order valence-electron chi connectivity index (χ1n) is 7.80. The van der Waals surface area contributed by atoms with Gasteiger partial charge in [0.2, 0.25) is 5.88 Å². The van der Waals surface area contributed by atoms with Gasteiger partial charge in [-0.25, -0.2) is 9.97 Å². The highest BCUT2D eigenvalue weighted by atomic mass is 16.5. The Morgan fingerprint density at radius 1 is 1.35 bits per heavy atom. The molecule has 0 unspecified atom stereocenters. The van der Waals surface area contributed by atoms with E-state index in [1.54, 1.807) is 6.20 Å². The monoisotopic (exact) mass is 312 g/mol. The van der Waals surface area contributed by atoms with Gasteiger partial charge in [-0.3, -0.25) is 9.78 Å². The SMILES string of the molecule is CC(C)Oc1cnc(C(=O)NC[C@@H]2C[C@H]2c2cccnc2)cn1. The molecule has 1 aliphatic rings. The smallest absolute Gasteiger partial charge is 0.271 e. The molecule has 1 aliphatic carbocycles. The van der Waals surface area contributed by atoms with E-state index in [0.717, 1.165) is 6.42 Å². The van der Waals surface area contributed by atoms with Gasteiger partial charge >= 0.3 is 0 Å². The summed E-state index contributed by atoms with van der Waals surface area (Å²) < 4.78 is 5.41. The molecule has 1 amide bonds. The lowest BCUT2D eigenvalue weighted by Gasteiger charge is -2.08. The van der Waals surface area contributed by atoms with Crippen molar-refractivity contribution < 1.29 is 9.53 Å². The molecule has 0 radical (unpaired) electrons. The lowest BCUT2D eigenvalue weighted by atomic mass is 10.1. The maximum Gasteiger partial charge on any atom is 0.271 e. The molecule has 2 aromatic heterocycles. The van der Waals surface area contributed by atoms with Gasteiger partial charge in [0, 0.05) is 18.9 Å². The highest BCUT2D eigenvalue weighted by Crippen LogP contribution is 2.46. The van der Waals surface area contributed by atoms with E-state index in [1.165, 1.54) is 18.0 Å². The summed E-state index contributed by atoms with van der Waals surface area (Å²) >= 11 is 0. The molecule has 2 aromatic rings. The average molecular weight is 312 g/mol. The first kappa shape index (κ1) is 15.4. The van der Waals surface area contributed by atoms with E-state index >= 15 is 0 Å². The van der Waals surface area contributed by atoms with Gasteiger partial charge in [0.15, 0.2) is 0 Å². The molecular weight excluding hydrogens is 292 g/mol. The van der Waals surface area contributed by atoms with Gasteiger partial charge < -0.3 is 10.1 Å². The predicted octanol–water partition coefficient (Wildman–Crippen LogP) is 2.19. The summed E-state index contributed by atoms with van der Waals surface area (Å²) in [5, 5.41) is 2.92. The van der Waals surface area contributed by atoms with Crippen LogP contribution in [0, 0.1) is 5.92 Å². The van der Waals surface area contributed by atoms with Gasteiger partial charge in [0.25, 0.3) is 5.91 Å². The van der Waals surface area contributed by atoms with Gasteiger partial charge in [0.1, 0.15) is 5.69 Å². The summed E-state index contributed by atoms with van der Waals surface area (Å²) in [5.41, 5.74) is 1.54. The van der Waals surface area contributed by atoms with Crippen LogP contribution in [0.3, 0.4) is 0 Å². The van der Waals surface area contributed by atoms with Gasteiger partial charge in [-0.05, 0) is 43.7 Å². The van der Waals surface area contributed by atoms with Crippen LogP contribution < -0.4 is 10.1 Å². The molecule has 2 atom stereocenters. The maximum absolute atomic E-state index is 12.1. The number of pyridine rings is 1. The topological polar surface area (TPSA) is 77.0 Å². The van der Waals surface area contributed by atoms with E-state index in [0.29, 0.717) is 30.0 Å². The number of nitrogens with zero attached hydrogens (tertiary/aromatic N) is 3. The van der Waals surface area contributed by atoms with E-state index in [9.17, 15) is 4.79 Å². The molecule has 120 valence electrons. The van der Waals surface area contributed by atoms with Crippen LogP contribution >= 0.6 is 0 Å². The average Bonchev–Trinajstić information content (AvgIpc) is 3.33. The second-order valence-electron chi connectivity index (χ2n) is 6.01. The van der Waals surface area contributed by atoms with E-state index < -0.39 is 0 Å². The molecular formula is C17H20N4O2. The molecule has 1 N–H and O–H groups in total. The van der Waals surface area contributed by atoms with Gasteiger partial charge in [-0.1, -0.05) is 6.07 Å². The van der Waals surface area contributed by atoms with Crippen LogP contribution in [-0.2, 0) is 0 Å². The summed E-state index contributed by atoms with van der Waals surface area (Å²) in [6.07, 6.45) is 7.70. The molecule has 3 rings (SSSR count). The fourth-order valence-corrected chi connectivity index (χ4v) is 2.53. The molecule has 0 saturated heterocycles. The molecule has 6 heteroatoms. The van der Waals surface area contributed by atoms with Crippen LogP contribution in [0.1, 0.15) is 42.2 Å². The highest BCUT2D eigenvalue weighted by Gasteiger charge is 2.38. The second-order valence-corrected chi connectivity index (χ2v) is 6.01. The molecule has 23 heavy (non-hydrogen) atoms. The lowest BCUT2D eigenvalue weighted by molar-refractivity contribution is 0.0946. The Balaban J connectivity index is 1.49. The van der Waals surface area contributed by atoms with Crippen molar-refractivity contribution in [2.45, 2.75) is 32.3 Å². The van der Waals surface area contributed by atoms with Crippen molar-refractivity contribution in [2.75, 3.05) is 6.54 Å². The number of carbonyl (C=O) groups excluding carboxylic acids is 1. The van der Waals surface area contributed by atoms with E-state index in [1.807, 2.05) is 26.1 Å². The maximum atomic E-state index is 12.1. The third kappa shape index (κ3) is 4.03. The van der Waals surface area contributed by atoms with Crippen LogP contribution in [-0.4, -0.2) is 33.5 Å². The Kier molecular flexibility index (Phi) is 4.50. The first-order valence-corrected chi connectivity index (χ1v) is 7.80. The van der Waals surface area contributed by atoms with Crippen molar-refractivity contribution >= 4 is 5.91 Å². The van der Waals surface area contributed by atoms with Crippen molar-refractivity contribution in [3.8, 4) is 5.88 Å². The van der Waals surface area contributed by atoms with Crippen LogP contribution in [0.4, 0.5) is 0 Å². The minimum absolute atomic E-state index is 0.0308. The van der Waals surface area contributed by atoms with Gasteiger partial charge in [-0.2, -0.15) is 0 Å². The van der Waals surface area contributed by atoms with Crippen molar-refractivity contribution in [1.82, 2.24) is 20.3 Å². The third-order valence-electron chi connectivity index (χ3n) is 3.78. The van der Waals surface area contributed by atoms with Crippen molar-refractivity contribution in [2.24, 2.45) is 5.92 Å². The van der Waals surface area contributed by atoms with Crippen molar-refractivity contribution in [3.63, 3.8) is 0 Å². The summed E-state index contributed by atoms with van der Waals surface area (Å²) in [7, 11) is 0. The summed E-state index contributed by atoms with van der Waals surface area (Å²) in [4.78, 5) is 24.4. The fraction of sp³-hybridized carbons (Fsp3) is 0.412. The molecule has 1 fully saturated rings. The molecule has 0 aliphatic heterocycles. The van der Waals surface area contributed by atoms with E-state index in [4.69, 9.17) is 4.74 Å². The van der Waals surface area contributed by atoms with Crippen LogP contribution in [0.15, 0.2) is 36.9 Å².